The number of likely N-dealkylation sites (tertiary alicyclic amines) is 1. The summed E-state index contributed by atoms with van der Waals surface area (Å²) in [5.74, 6) is -1.83. The molecule has 2 aliphatic rings. The number of carbonyl (C=O) groups excluding carboxylic acids is 3. The van der Waals surface area contributed by atoms with Gasteiger partial charge in [0, 0.05) is 37.1 Å². The van der Waals surface area contributed by atoms with Crippen LogP contribution in [-0.4, -0.2) is 90.4 Å². The SMILES string of the molecule is CCCC(=O)ON1CCCN(C2CCN(C(=O)[C@H](O)CS(=O)(=O)c3ccc4cc(Cl)ccc4c3)CC2)C1=O. The number of hydroxylamine groups is 2. The Labute approximate surface area is 226 Å². The maximum absolute atomic E-state index is 12.9. The number of aliphatic hydroxyl groups is 1. The minimum Gasteiger partial charge on any atom is -0.382 e. The van der Waals surface area contributed by atoms with Gasteiger partial charge >= 0.3 is 12.0 Å². The minimum atomic E-state index is -3.93. The van der Waals surface area contributed by atoms with Crippen LogP contribution in [0.1, 0.15) is 39.0 Å². The molecule has 1 atom stereocenters. The number of piperidine rings is 1. The molecule has 2 aliphatic heterocycles. The highest BCUT2D eigenvalue weighted by molar-refractivity contribution is 7.91. The van der Waals surface area contributed by atoms with Crippen molar-refractivity contribution in [3.63, 3.8) is 0 Å². The first kappa shape index (κ1) is 28.1. The molecule has 2 aromatic rings. The van der Waals surface area contributed by atoms with Crippen LogP contribution in [0.2, 0.25) is 5.02 Å². The fraction of sp³-hybridized carbons (Fsp3) is 0.500. The number of amides is 3. The van der Waals surface area contributed by atoms with Gasteiger partial charge in [-0.25, -0.2) is 18.0 Å². The normalized spacial score (nSPS) is 18.1. The zero-order valence-corrected chi connectivity index (χ0v) is 22.8. The lowest BCUT2D eigenvalue weighted by molar-refractivity contribution is -0.182. The average Bonchev–Trinajstić information content (AvgIpc) is 2.89. The number of halogens is 1. The summed E-state index contributed by atoms with van der Waals surface area (Å²) in [7, 11) is -3.93. The number of hydrogen-bond acceptors (Lipinski definition) is 7. The first-order chi connectivity index (χ1) is 18.1. The number of aliphatic hydroxyl groups excluding tert-OH is 1. The predicted molar refractivity (Wildman–Crippen MR) is 141 cm³/mol. The van der Waals surface area contributed by atoms with Crippen molar-refractivity contribution < 1.29 is 32.7 Å². The first-order valence-corrected chi connectivity index (χ1v) is 14.8. The van der Waals surface area contributed by atoms with Crippen LogP contribution in [0.25, 0.3) is 10.8 Å². The lowest BCUT2D eigenvalue weighted by Gasteiger charge is -2.42. The number of rotatable bonds is 8. The molecule has 0 radical (unpaired) electrons. The van der Waals surface area contributed by atoms with Gasteiger partial charge in [-0.3, -0.25) is 4.79 Å². The second-order valence-electron chi connectivity index (χ2n) is 9.65. The van der Waals surface area contributed by atoms with Gasteiger partial charge in [-0.2, -0.15) is 5.06 Å². The molecule has 2 fully saturated rings. The third-order valence-corrected chi connectivity index (χ3v) is 8.86. The van der Waals surface area contributed by atoms with E-state index in [2.05, 4.69) is 0 Å². The average molecular weight is 566 g/mol. The summed E-state index contributed by atoms with van der Waals surface area (Å²) < 4.78 is 25.9. The third-order valence-electron chi connectivity index (χ3n) is 6.90. The Hall–Kier alpha value is -2.89. The van der Waals surface area contributed by atoms with Crippen molar-refractivity contribution in [2.75, 3.05) is 31.9 Å². The van der Waals surface area contributed by atoms with Crippen LogP contribution in [0.4, 0.5) is 4.79 Å². The quantitative estimate of drug-likeness (QED) is 0.521. The lowest BCUT2D eigenvalue weighted by Crippen LogP contribution is -2.57. The molecule has 38 heavy (non-hydrogen) atoms. The summed E-state index contributed by atoms with van der Waals surface area (Å²) in [4.78, 5) is 45.9. The molecule has 1 N–H and O–H groups in total. The molecule has 4 rings (SSSR count). The molecule has 12 heteroatoms. The van der Waals surface area contributed by atoms with E-state index in [1.165, 1.54) is 17.0 Å². The summed E-state index contributed by atoms with van der Waals surface area (Å²) in [5.41, 5.74) is 0. The van der Waals surface area contributed by atoms with E-state index in [4.69, 9.17) is 16.4 Å². The Morgan fingerprint density at radius 2 is 1.76 bits per heavy atom. The summed E-state index contributed by atoms with van der Waals surface area (Å²) >= 11 is 5.99. The van der Waals surface area contributed by atoms with Crippen LogP contribution in [-0.2, 0) is 24.3 Å². The smallest absolute Gasteiger partial charge is 0.353 e. The molecule has 0 unspecified atom stereocenters. The molecular formula is C26H32ClN3O7S. The van der Waals surface area contributed by atoms with E-state index in [9.17, 15) is 27.9 Å². The predicted octanol–water partition coefficient (Wildman–Crippen LogP) is 3.00. The minimum absolute atomic E-state index is 0.0192. The number of carbonyl (C=O) groups is 3. The van der Waals surface area contributed by atoms with Gasteiger partial charge < -0.3 is 19.7 Å². The molecule has 206 valence electrons. The fourth-order valence-electron chi connectivity index (χ4n) is 4.89. The van der Waals surface area contributed by atoms with E-state index in [1.54, 1.807) is 29.2 Å². The Morgan fingerprint density at radius 3 is 2.47 bits per heavy atom. The van der Waals surface area contributed by atoms with Crippen LogP contribution >= 0.6 is 11.6 Å². The van der Waals surface area contributed by atoms with Crippen LogP contribution in [0, 0.1) is 0 Å². The van der Waals surface area contributed by atoms with E-state index in [-0.39, 0.29) is 36.5 Å². The monoisotopic (exact) mass is 565 g/mol. The molecule has 0 saturated carbocycles. The molecule has 0 aromatic heterocycles. The highest BCUT2D eigenvalue weighted by atomic mass is 35.5. The Morgan fingerprint density at radius 1 is 1.08 bits per heavy atom. The van der Waals surface area contributed by atoms with Gasteiger partial charge in [0.2, 0.25) is 0 Å². The number of urea groups is 1. The van der Waals surface area contributed by atoms with Gasteiger partial charge in [-0.15, -0.1) is 0 Å². The Bertz CT molecular complexity index is 1310. The van der Waals surface area contributed by atoms with Crippen LogP contribution in [0.3, 0.4) is 0 Å². The van der Waals surface area contributed by atoms with Crippen LogP contribution in [0.15, 0.2) is 41.3 Å². The molecular weight excluding hydrogens is 534 g/mol. The summed E-state index contributed by atoms with van der Waals surface area (Å²) in [6.07, 6.45) is 0.757. The molecule has 3 amide bonds. The van der Waals surface area contributed by atoms with Gasteiger partial charge in [0.1, 0.15) is 6.10 Å². The molecule has 10 nitrogen and oxygen atoms in total. The van der Waals surface area contributed by atoms with E-state index < -0.39 is 33.6 Å². The summed E-state index contributed by atoms with van der Waals surface area (Å²) in [6, 6.07) is 9.17. The first-order valence-electron chi connectivity index (χ1n) is 12.8. The van der Waals surface area contributed by atoms with Crippen molar-refractivity contribution in [1.82, 2.24) is 14.9 Å². The highest BCUT2D eigenvalue weighted by Crippen LogP contribution is 2.25. The maximum Gasteiger partial charge on any atom is 0.353 e. The fourth-order valence-corrected chi connectivity index (χ4v) is 6.40. The highest BCUT2D eigenvalue weighted by Gasteiger charge is 2.37. The van der Waals surface area contributed by atoms with Crippen LogP contribution in [0.5, 0.6) is 0 Å². The molecule has 0 aliphatic carbocycles. The zero-order chi connectivity index (χ0) is 27.4. The Kier molecular flexibility index (Phi) is 8.79. The number of fused-ring (bicyclic) bond motifs is 1. The van der Waals surface area contributed by atoms with Crippen molar-refractivity contribution in [3.8, 4) is 0 Å². The van der Waals surface area contributed by atoms with Gasteiger partial charge in [-0.05, 0) is 60.7 Å². The van der Waals surface area contributed by atoms with Crippen molar-refractivity contribution >= 4 is 50.1 Å². The largest absolute Gasteiger partial charge is 0.382 e. The zero-order valence-electron chi connectivity index (χ0n) is 21.2. The maximum atomic E-state index is 12.9. The Balaban J connectivity index is 1.33. The van der Waals surface area contributed by atoms with Gasteiger partial charge in [0.05, 0.1) is 17.2 Å². The van der Waals surface area contributed by atoms with Gasteiger partial charge in [0.15, 0.2) is 9.84 Å². The summed E-state index contributed by atoms with van der Waals surface area (Å²) in [6.45, 7) is 3.27. The third kappa shape index (κ3) is 6.39. The molecule has 0 spiro atoms. The number of nitrogens with zero attached hydrogens (tertiary/aromatic N) is 3. The van der Waals surface area contributed by atoms with E-state index in [0.29, 0.717) is 49.2 Å². The lowest BCUT2D eigenvalue weighted by atomic mass is 10.0. The topological polar surface area (TPSA) is 125 Å². The number of hydrogen-bond donors (Lipinski definition) is 1. The second kappa shape index (κ2) is 11.9. The second-order valence-corrected chi connectivity index (χ2v) is 12.1. The van der Waals surface area contributed by atoms with Gasteiger partial charge in [-0.1, -0.05) is 30.7 Å². The van der Waals surface area contributed by atoms with Crippen molar-refractivity contribution in [2.24, 2.45) is 0 Å². The van der Waals surface area contributed by atoms with E-state index in [1.807, 2.05) is 6.92 Å². The standard InChI is InChI=1S/C26H32ClN3O7S/c1-2-4-24(32)37-30-12-3-11-29(26(30)34)21-9-13-28(14-10-21)25(33)23(31)17-38(35,36)22-8-6-18-15-20(27)7-5-19(18)16-22/h5-8,15-16,21,23,31H,2-4,9-14,17H2,1H3/t23-/m1/s1. The number of sulfone groups is 1. The van der Waals surface area contributed by atoms with E-state index >= 15 is 0 Å². The van der Waals surface area contributed by atoms with Crippen molar-refractivity contribution in [2.45, 2.75) is 56.1 Å². The molecule has 2 aromatic carbocycles. The number of benzene rings is 2. The van der Waals surface area contributed by atoms with Gasteiger partial charge in [0.25, 0.3) is 5.91 Å². The van der Waals surface area contributed by atoms with Crippen LogP contribution < -0.4 is 0 Å². The van der Waals surface area contributed by atoms with Crippen molar-refractivity contribution in [1.29, 1.82) is 0 Å². The summed E-state index contributed by atoms with van der Waals surface area (Å²) in [5, 5.41) is 13.6. The molecule has 2 heterocycles. The molecule has 2 saturated heterocycles. The molecule has 0 bridgehead atoms. The van der Waals surface area contributed by atoms with E-state index in [0.717, 1.165) is 10.4 Å². The van der Waals surface area contributed by atoms with Crippen molar-refractivity contribution in [3.05, 3.63) is 41.4 Å².